The Morgan fingerprint density at radius 3 is 2.59 bits per heavy atom. The molecule has 2 saturated heterocycles. The zero-order valence-electron chi connectivity index (χ0n) is 13.0. The van der Waals surface area contributed by atoms with Crippen molar-refractivity contribution in [1.29, 1.82) is 0 Å². The van der Waals surface area contributed by atoms with E-state index in [0.29, 0.717) is 31.8 Å². The van der Waals surface area contributed by atoms with Crippen molar-refractivity contribution in [1.82, 2.24) is 9.80 Å². The second-order valence-corrected chi connectivity index (χ2v) is 6.13. The maximum atomic E-state index is 12.8. The van der Waals surface area contributed by atoms with Gasteiger partial charge in [-0.1, -0.05) is 0 Å². The van der Waals surface area contributed by atoms with Gasteiger partial charge in [-0.3, -0.25) is 9.59 Å². The average Bonchev–Trinajstić information content (AvgIpc) is 3.16. The van der Waals surface area contributed by atoms with Gasteiger partial charge in [0, 0.05) is 19.6 Å². The van der Waals surface area contributed by atoms with Crippen molar-refractivity contribution in [2.24, 2.45) is 0 Å². The van der Waals surface area contributed by atoms with E-state index in [-0.39, 0.29) is 30.1 Å². The van der Waals surface area contributed by atoms with Gasteiger partial charge in [-0.25, -0.2) is 0 Å². The number of amides is 2. The fourth-order valence-corrected chi connectivity index (χ4v) is 3.38. The summed E-state index contributed by atoms with van der Waals surface area (Å²) in [5.41, 5.74) is 0. The fourth-order valence-electron chi connectivity index (χ4n) is 3.38. The Balaban J connectivity index is 1.72. The van der Waals surface area contributed by atoms with Gasteiger partial charge in [-0.2, -0.15) is 0 Å². The van der Waals surface area contributed by atoms with E-state index in [1.54, 1.807) is 17.0 Å². The first kappa shape index (κ1) is 15.1. The van der Waals surface area contributed by atoms with Crippen LogP contribution in [0.2, 0.25) is 0 Å². The minimum absolute atomic E-state index is 0.0272. The summed E-state index contributed by atoms with van der Waals surface area (Å²) in [6.07, 6.45) is 3.10. The predicted molar refractivity (Wildman–Crippen MR) is 79.4 cm³/mol. The lowest BCUT2D eigenvalue weighted by atomic mass is 10.1. The van der Waals surface area contributed by atoms with Crippen molar-refractivity contribution in [3.63, 3.8) is 0 Å². The number of nitrogens with zero attached hydrogens (tertiary/aromatic N) is 2. The monoisotopic (exact) mass is 306 g/mol. The molecule has 0 aromatic carbocycles. The molecule has 0 bridgehead atoms. The summed E-state index contributed by atoms with van der Waals surface area (Å²) in [7, 11) is 0. The van der Waals surface area contributed by atoms with Crippen molar-refractivity contribution < 1.29 is 18.7 Å². The lowest BCUT2D eigenvalue weighted by Crippen LogP contribution is -2.54. The lowest BCUT2D eigenvalue weighted by molar-refractivity contribution is -0.147. The largest absolute Gasteiger partial charge is 0.459 e. The maximum Gasteiger partial charge on any atom is 0.290 e. The van der Waals surface area contributed by atoms with Crippen LogP contribution in [0.3, 0.4) is 0 Å². The minimum Gasteiger partial charge on any atom is -0.459 e. The molecule has 6 heteroatoms. The molecule has 2 amide bonds. The van der Waals surface area contributed by atoms with E-state index in [4.69, 9.17) is 9.15 Å². The number of hydrogen-bond acceptors (Lipinski definition) is 4. The molecule has 2 aliphatic rings. The second-order valence-electron chi connectivity index (χ2n) is 6.13. The first-order valence-electron chi connectivity index (χ1n) is 7.85. The van der Waals surface area contributed by atoms with Gasteiger partial charge in [-0.15, -0.1) is 0 Å². The van der Waals surface area contributed by atoms with Crippen LogP contribution in [0.1, 0.15) is 37.2 Å². The van der Waals surface area contributed by atoms with E-state index in [0.717, 1.165) is 6.42 Å². The zero-order chi connectivity index (χ0) is 15.7. The molecule has 0 N–H and O–H groups in total. The molecule has 0 unspecified atom stereocenters. The van der Waals surface area contributed by atoms with Gasteiger partial charge in [-0.05, 0) is 38.8 Å². The molecule has 0 aliphatic carbocycles. The molecule has 2 fully saturated rings. The first-order valence-corrected chi connectivity index (χ1v) is 7.85. The second kappa shape index (κ2) is 6.12. The zero-order valence-corrected chi connectivity index (χ0v) is 13.0. The third kappa shape index (κ3) is 2.88. The van der Waals surface area contributed by atoms with Crippen molar-refractivity contribution in [3.8, 4) is 0 Å². The quantitative estimate of drug-likeness (QED) is 0.831. The topological polar surface area (TPSA) is 63.0 Å². The van der Waals surface area contributed by atoms with Crippen LogP contribution in [0.4, 0.5) is 0 Å². The first-order chi connectivity index (χ1) is 10.6. The van der Waals surface area contributed by atoms with Crippen LogP contribution < -0.4 is 0 Å². The molecule has 0 spiro atoms. The van der Waals surface area contributed by atoms with Gasteiger partial charge < -0.3 is 19.0 Å². The van der Waals surface area contributed by atoms with Gasteiger partial charge in [0.25, 0.3) is 5.91 Å². The summed E-state index contributed by atoms with van der Waals surface area (Å²) in [4.78, 5) is 28.8. The number of rotatable bonds is 2. The Hall–Kier alpha value is -1.82. The molecular formula is C16H22N2O4. The highest BCUT2D eigenvalue weighted by Crippen LogP contribution is 2.23. The molecule has 2 aliphatic heterocycles. The van der Waals surface area contributed by atoms with Crippen LogP contribution in [-0.2, 0) is 9.53 Å². The maximum absolute atomic E-state index is 12.8. The highest BCUT2D eigenvalue weighted by Gasteiger charge is 2.39. The Morgan fingerprint density at radius 1 is 1.23 bits per heavy atom. The molecule has 1 aromatic rings. The minimum atomic E-state index is -0.380. The summed E-state index contributed by atoms with van der Waals surface area (Å²) < 4.78 is 10.9. The van der Waals surface area contributed by atoms with Crippen molar-refractivity contribution in [3.05, 3.63) is 24.2 Å². The highest BCUT2D eigenvalue weighted by atomic mass is 16.5. The van der Waals surface area contributed by atoms with E-state index in [1.165, 1.54) is 6.26 Å². The van der Waals surface area contributed by atoms with Gasteiger partial charge in [0.05, 0.1) is 18.5 Å². The van der Waals surface area contributed by atoms with Crippen LogP contribution in [0.15, 0.2) is 22.8 Å². The van der Waals surface area contributed by atoms with E-state index in [1.807, 2.05) is 18.7 Å². The molecule has 1 aromatic heterocycles. The third-order valence-corrected chi connectivity index (χ3v) is 4.26. The molecule has 3 rings (SSSR count). The van der Waals surface area contributed by atoms with Gasteiger partial charge >= 0.3 is 0 Å². The van der Waals surface area contributed by atoms with E-state index < -0.39 is 0 Å². The number of furan rings is 1. The van der Waals surface area contributed by atoms with E-state index in [2.05, 4.69) is 0 Å². The van der Waals surface area contributed by atoms with Gasteiger partial charge in [0.15, 0.2) is 5.76 Å². The molecule has 120 valence electrons. The summed E-state index contributed by atoms with van der Waals surface area (Å²) >= 11 is 0. The Kier molecular flexibility index (Phi) is 4.20. The number of hydrogen-bond donors (Lipinski definition) is 0. The third-order valence-electron chi connectivity index (χ3n) is 4.26. The van der Waals surface area contributed by atoms with Crippen LogP contribution in [0, 0.1) is 0 Å². The normalized spacial score (nSPS) is 28.9. The predicted octanol–water partition coefficient (Wildman–Crippen LogP) is 1.52. The van der Waals surface area contributed by atoms with Crippen molar-refractivity contribution in [2.75, 3.05) is 19.6 Å². The van der Waals surface area contributed by atoms with Crippen molar-refractivity contribution >= 4 is 11.8 Å². The summed E-state index contributed by atoms with van der Waals surface area (Å²) in [6, 6.07) is 2.95. The Bertz CT molecular complexity index is 532. The van der Waals surface area contributed by atoms with Crippen molar-refractivity contribution in [2.45, 2.75) is 44.9 Å². The lowest BCUT2D eigenvalue weighted by Gasteiger charge is -2.37. The molecule has 22 heavy (non-hydrogen) atoms. The molecule has 3 atom stereocenters. The smallest absolute Gasteiger partial charge is 0.290 e. The number of morpholine rings is 1. The highest BCUT2D eigenvalue weighted by molar-refractivity contribution is 5.96. The SMILES string of the molecule is C[C@@H]1CN(C(=O)[C@@H]2CCCN2C(=O)c2ccco2)C[C@H](C)O1. The molecule has 0 saturated carbocycles. The molecule has 3 heterocycles. The summed E-state index contributed by atoms with van der Waals surface area (Å²) in [5.74, 6) is 0.123. The number of carbonyl (C=O) groups excluding carboxylic acids is 2. The van der Waals surface area contributed by atoms with Crippen LogP contribution >= 0.6 is 0 Å². The Morgan fingerprint density at radius 2 is 1.95 bits per heavy atom. The molecule has 0 radical (unpaired) electrons. The average molecular weight is 306 g/mol. The Labute approximate surface area is 130 Å². The van der Waals surface area contributed by atoms with E-state index >= 15 is 0 Å². The van der Waals surface area contributed by atoms with Gasteiger partial charge in [0.2, 0.25) is 5.91 Å². The van der Waals surface area contributed by atoms with Crippen LogP contribution in [0.5, 0.6) is 0 Å². The summed E-state index contributed by atoms with van der Waals surface area (Å²) in [5, 5.41) is 0. The summed E-state index contributed by atoms with van der Waals surface area (Å²) in [6.45, 7) is 5.71. The van der Waals surface area contributed by atoms with Crippen LogP contribution in [0.25, 0.3) is 0 Å². The molecule has 6 nitrogen and oxygen atoms in total. The van der Waals surface area contributed by atoms with E-state index in [9.17, 15) is 9.59 Å². The van der Waals surface area contributed by atoms with Crippen LogP contribution in [-0.4, -0.2) is 59.5 Å². The van der Waals surface area contributed by atoms with Gasteiger partial charge in [0.1, 0.15) is 6.04 Å². The molecular weight excluding hydrogens is 284 g/mol. The fraction of sp³-hybridized carbons (Fsp3) is 0.625. The number of likely N-dealkylation sites (tertiary alicyclic amines) is 1. The number of carbonyl (C=O) groups is 2. The number of ether oxygens (including phenoxy) is 1. The standard InChI is InChI=1S/C16H22N2O4/c1-11-9-17(10-12(2)22-11)15(19)13-5-3-7-18(13)16(20)14-6-4-8-21-14/h4,6,8,11-13H,3,5,7,9-10H2,1-2H3/t11-,12+,13-/m0/s1.